The first-order valence-electron chi connectivity index (χ1n) is 15.2. The predicted octanol–water partition coefficient (Wildman–Crippen LogP) is 4.63. The summed E-state index contributed by atoms with van der Waals surface area (Å²) in [7, 11) is 1.67. The number of carboxylic acids is 2. The number of carbonyl (C=O) groups excluding carboxylic acids is 1. The Hall–Kier alpha value is -4.90. The lowest BCUT2D eigenvalue weighted by Crippen LogP contribution is -2.27. The van der Waals surface area contributed by atoms with Crippen LogP contribution >= 0.6 is 0 Å². The van der Waals surface area contributed by atoms with E-state index >= 15 is 0 Å². The summed E-state index contributed by atoms with van der Waals surface area (Å²) in [5.74, 6) is -1.95. The molecule has 4 aromatic rings. The van der Waals surface area contributed by atoms with Crippen LogP contribution in [0.1, 0.15) is 41.6 Å². The molecule has 2 saturated heterocycles. The van der Waals surface area contributed by atoms with Crippen molar-refractivity contribution in [1.82, 2.24) is 19.4 Å². The third kappa shape index (κ3) is 7.79. The molecule has 236 valence electrons. The Morgan fingerprint density at radius 1 is 0.867 bits per heavy atom. The topological polar surface area (TPSA) is 134 Å². The summed E-state index contributed by atoms with van der Waals surface area (Å²) in [6.07, 6.45) is 8.47. The molecule has 2 aromatic heterocycles. The number of carboxylic acid groups (broad SMARTS) is 2. The van der Waals surface area contributed by atoms with Crippen LogP contribution in [0.25, 0.3) is 22.2 Å². The lowest BCUT2D eigenvalue weighted by molar-refractivity contribution is -0.159. The molecule has 0 unspecified atom stereocenters. The highest BCUT2D eigenvalue weighted by atomic mass is 16.5. The van der Waals surface area contributed by atoms with Gasteiger partial charge in [-0.3, -0.25) is 14.7 Å². The average Bonchev–Trinajstić information content (AvgIpc) is 3.84. The first-order chi connectivity index (χ1) is 21.8. The molecule has 45 heavy (non-hydrogen) atoms. The molecular formula is C34H38N4O7. The van der Waals surface area contributed by atoms with Crippen molar-refractivity contribution in [3.8, 4) is 22.8 Å². The number of fused-ring (bicyclic) bond motifs is 1. The fraction of sp³-hybridized carbons (Fsp3) is 0.353. The maximum atomic E-state index is 13.0. The minimum atomic E-state index is -1.82. The van der Waals surface area contributed by atoms with E-state index in [-0.39, 0.29) is 5.91 Å². The second-order valence-electron chi connectivity index (χ2n) is 11.1. The number of aromatic nitrogens is 2. The lowest BCUT2D eigenvalue weighted by atomic mass is 10.1. The Morgan fingerprint density at radius 2 is 1.56 bits per heavy atom. The van der Waals surface area contributed by atoms with Crippen molar-refractivity contribution in [1.29, 1.82) is 0 Å². The number of benzene rings is 2. The number of likely N-dealkylation sites (tertiary alicyclic amines) is 2. The van der Waals surface area contributed by atoms with Crippen molar-refractivity contribution in [2.75, 3.05) is 46.4 Å². The lowest BCUT2D eigenvalue weighted by Gasteiger charge is -2.18. The van der Waals surface area contributed by atoms with Crippen LogP contribution in [0.15, 0.2) is 67.0 Å². The molecule has 2 fully saturated rings. The normalized spacial score (nSPS) is 14.6. The fourth-order valence-corrected chi connectivity index (χ4v) is 5.82. The second kappa shape index (κ2) is 14.7. The number of amides is 1. The van der Waals surface area contributed by atoms with Crippen LogP contribution in [0.2, 0.25) is 0 Å². The molecule has 1 amide bonds. The maximum Gasteiger partial charge on any atom is 0.414 e. The molecule has 0 bridgehead atoms. The van der Waals surface area contributed by atoms with E-state index in [1.54, 1.807) is 7.11 Å². The van der Waals surface area contributed by atoms with E-state index in [0.29, 0.717) is 18.7 Å². The van der Waals surface area contributed by atoms with Crippen molar-refractivity contribution >= 4 is 28.7 Å². The van der Waals surface area contributed by atoms with Crippen molar-refractivity contribution in [2.24, 2.45) is 0 Å². The van der Waals surface area contributed by atoms with Crippen molar-refractivity contribution in [3.63, 3.8) is 0 Å². The highest BCUT2D eigenvalue weighted by Gasteiger charge is 2.21. The molecule has 11 heteroatoms. The summed E-state index contributed by atoms with van der Waals surface area (Å²) in [5.41, 5.74) is 5.01. The van der Waals surface area contributed by atoms with E-state index in [1.165, 1.54) is 25.9 Å². The molecule has 0 spiro atoms. The van der Waals surface area contributed by atoms with E-state index in [1.807, 2.05) is 41.6 Å². The number of aliphatic carboxylic acids is 2. The van der Waals surface area contributed by atoms with Crippen LogP contribution in [-0.4, -0.2) is 93.9 Å². The number of carbonyl (C=O) groups is 3. The summed E-state index contributed by atoms with van der Waals surface area (Å²) in [4.78, 5) is 39.9. The Morgan fingerprint density at radius 3 is 2.22 bits per heavy atom. The van der Waals surface area contributed by atoms with Gasteiger partial charge in [-0.2, -0.15) is 0 Å². The van der Waals surface area contributed by atoms with Gasteiger partial charge in [-0.05, 0) is 92.9 Å². The van der Waals surface area contributed by atoms with Gasteiger partial charge in [0.25, 0.3) is 5.91 Å². The van der Waals surface area contributed by atoms with Crippen LogP contribution in [0.5, 0.6) is 11.5 Å². The number of rotatable bonds is 9. The SMILES string of the molecule is COc1cc(C(=O)N2CCCC2)ccc1Cn1c(-c2ccc(OCCN3CCCC3)cc2)cc2cnccc21.O=C(O)C(=O)O. The molecule has 6 rings (SSSR count). The quantitative estimate of drug-likeness (QED) is 0.259. The molecule has 0 saturated carbocycles. The third-order valence-corrected chi connectivity index (χ3v) is 8.17. The second-order valence-corrected chi connectivity index (χ2v) is 11.1. The van der Waals surface area contributed by atoms with E-state index in [9.17, 15) is 4.79 Å². The van der Waals surface area contributed by atoms with Gasteiger partial charge in [0.15, 0.2) is 0 Å². The van der Waals surface area contributed by atoms with Crippen molar-refractivity contribution < 1.29 is 34.1 Å². The zero-order valence-corrected chi connectivity index (χ0v) is 25.4. The molecular weight excluding hydrogens is 576 g/mol. The first-order valence-corrected chi connectivity index (χ1v) is 15.2. The van der Waals surface area contributed by atoms with Crippen LogP contribution in [0, 0.1) is 0 Å². The van der Waals surface area contributed by atoms with Gasteiger partial charge >= 0.3 is 11.9 Å². The summed E-state index contributed by atoms with van der Waals surface area (Å²) >= 11 is 0. The van der Waals surface area contributed by atoms with Crippen LogP contribution in [-0.2, 0) is 16.1 Å². The zero-order valence-electron chi connectivity index (χ0n) is 25.4. The van der Waals surface area contributed by atoms with Crippen LogP contribution in [0.3, 0.4) is 0 Å². The standard InChI is InChI=1S/C32H36N4O3.C2H2O4/c1-38-31-21-25(32(37)35-16-4-5-17-35)6-7-26(31)23-36-29-12-13-33-22-27(29)20-30(36)24-8-10-28(11-9-24)39-19-18-34-14-2-3-15-34;3-1(4)2(5)6/h6-13,20-22H,2-5,14-19,23H2,1H3;(H,3,4)(H,5,6). The van der Waals surface area contributed by atoms with Gasteiger partial charge in [0.05, 0.1) is 19.2 Å². The summed E-state index contributed by atoms with van der Waals surface area (Å²) in [6.45, 7) is 6.33. The monoisotopic (exact) mass is 614 g/mol. The molecule has 4 heterocycles. The molecule has 2 aromatic carbocycles. The summed E-state index contributed by atoms with van der Waals surface area (Å²) in [6, 6.07) is 18.4. The minimum absolute atomic E-state index is 0.0817. The van der Waals surface area contributed by atoms with Gasteiger partial charge < -0.3 is 29.2 Å². The van der Waals surface area contributed by atoms with Crippen molar-refractivity contribution in [2.45, 2.75) is 32.2 Å². The molecule has 2 aliphatic heterocycles. The molecule has 11 nitrogen and oxygen atoms in total. The number of hydrogen-bond donors (Lipinski definition) is 2. The number of nitrogens with zero attached hydrogens (tertiary/aromatic N) is 4. The highest BCUT2D eigenvalue weighted by molar-refractivity contribution is 6.27. The van der Waals surface area contributed by atoms with Gasteiger partial charge in [0.1, 0.15) is 18.1 Å². The van der Waals surface area contributed by atoms with E-state index in [0.717, 1.165) is 71.7 Å². The Bertz CT molecular complexity index is 1630. The van der Waals surface area contributed by atoms with Gasteiger partial charge in [0.2, 0.25) is 0 Å². The van der Waals surface area contributed by atoms with Gasteiger partial charge in [-0.15, -0.1) is 0 Å². The van der Waals surface area contributed by atoms with Crippen molar-refractivity contribution in [3.05, 3.63) is 78.1 Å². The van der Waals surface area contributed by atoms with Gasteiger partial charge in [-0.1, -0.05) is 6.07 Å². The smallest absolute Gasteiger partial charge is 0.414 e. The molecule has 0 radical (unpaired) electrons. The van der Waals surface area contributed by atoms with E-state index in [4.69, 9.17) is 29.3 Å². The average molecular weight is 615 g/mol. The minimum Gasteiger partial charge on any atom is -0.496 e. The molecule has 0 atom stereocenters. The maximum absolute atomic E-state index is 13.0. The first kappa shape index (κ1) is 31.5. The molecule has 2 N–H and O–H groups in total. The number of hydrogen-bond acceptors (Lipinski definition) is 7. The largest absolute Gasteiger partial charge is 0.496 e. The van der Waals surface area contributed by atoms with Crippen LogP contribution < -0.4 is 9.47 Å². The number of methoxy groups -OCH3 is 1. The zero-order chi connectivity index (χ0) is 31.8. The fourth-order valence-electron chi connectivity index (χ4n) is 5.82. The highest BCUT2D eigenvalue weighted by Crippen LogP contribution is 2.32. The Balaban J connectivity index is 0.000000609. The number of pyridine rings is 1. The molecule has 2 aliphatic rings. The molecule has 0 aliphatic carbocycles. The summed E-state index contributed by atoms with van der Waals surface area (Å²) < 4.78 is 14.1. The third-order valence-electron chi connectivity index (χ3n) is 8.17. The van der Waals surface area contributed by atoms with Gasteiger partial charge in [0, 0.05) is 54.2 Å². The Labute approximate surface area is 261 Å². The number of ether oxygens (including phenoxy) is 2. The van der Waals surface area contributed by atoms with Crippen LogP contribution in [0.4, 0.5) is 0 Å². The van der Waals surface area contributed by atoms with E-state index < -0.39 is 11.9 Å². The Kier molecular flexibility index (Phi) is 10.3. The predicted molar refractivity (Wildman–Crippen MR) is 169 cm³/mol. The summed E-state index contributed by atoms with van der Waals surface area (Å²) in [5, 5.41) is 15.9. The van der Waals surface area contributed by atoms with E-state index in [2.05, 4.69) is 44.8 Å². The van der Waals surface area contributed by atoms with Gasteiger partial charge in [-0.25, -0.2) is 9.59 Å².